The van der Waals surface area contributed by atoms with Gasteiger partial charge in [-0.05, 0) is 51.1 Å². The van der Waals surface area contributed by atoms with E-state index < -0.39 is 33.4 Å². The summed E-state index contributed by atoms with van der Waals surface area (Å²) in [6, 6.07) is 2.65. The third-order valence-electron chi connectivity index (χ3n) is 3.44. The molecule has 4 nitrogen and oxygen atoms in total. The van der Waals surface area contributed by atoms with Crippen molar-refractivity contribution in [1.82, 2.24) is 14.7 Å². The smallest absolute Gasteiger partial charge is 0.153 e. The SMILES string of the molecule is CSc1cnc([C@H](Cc2cc(F)cc(F)c2)N[S@](=O)C(C)(C)C)c(Cl)n1. The van der Waals surface area contributed by atoms with Gasteiger partial charge in [-0.25, -0.2) is 22.7 Å². The van der Waals surface area contributed by atoms with E-state index in [9.17, 15) is 13.0 Å². The van der Waals surface area contributed by atoms with Crippen LogP contribution >= 0.6 is 23.4 Å². The summed E-state index contributed by atoms with van der Waals surface area (Å²) in [5.41, 5.74) is 0.782. The highest BCUT2D eigenvalue weighted by Gasteiger charge is 2.26. The predicted molar refractivity (Wildman–Crippen MR) is 103 cm³/mol. The Morgan fingerprint density at radius 3 is 2.38 bits per heavy atom. The Labute approximate surface area is 163 Å². The van der Waals surface area contributed by atoms with Gasteiger partial charge in [0.05, 0.1) is 33.7 Å². The molecule has 0 saturated carbocycles. The largest absolute Gasteiger partial charge is 0.254 e. The second-order valence-corrected chi connectivity index (χ2v) is 9.80. The van der Waals surface area contributed by atoms with Crippen LogP contribution in [-0.4, -0.2) is 25.2 Å². The Morgan fingerprint density at radius 1 is 1.27 bits per heavy atom. The molecule has 0 bridgehead atoms. The van der Waals surface area contributed by atoms with Crippen molar-refractivity contribution >= 4 is 34.3 Å². The standard InChI is InChI=1S/C17H20ClF2N3OS2/c1-17(2,3)26(24)23-13(7-10-5-11(19)8-12(20)6-10)15-16(18)22-14(25-4)9-21-15/h5-6,8-9,13,23H,7H2,1-4H3/t13-,26+/m0/s1. The van der Waals surface area contributed by atoms with E-state index in [1.165, 1.54) is 23.9 Å². The van der Waals surface area contributed by atoms with E-state index in [-0.39, 0.29) is 11.6 Å². The van der Waals surface area contributed by atoms with Gasteiger partial charge in [0, 0.05) is 6.07 Å². The minimum absolute atomic E-state index is 0.156. The van der Waals surface area contributed by atoms with Crippen LogP contribution in [0, 0.1) is 11.6 Å². The maximum Gasteiger partial charge on any atom is 0.153 e. The van der Waals surface area contributed by atoms with E-state index in [0.29, 0.717) is 16.3 Å². The van der Waals surface area contributed by atoms with Gasteiger partial charge in [0.1, 0.15) is 16.7 Å². The number of nitrogens with zero attached hydrogens (tertiary/aromatic N) is 2. The first-order valence-electron chi connectivity index (χ1n) is 7.79. The normalized spacial score (nSPS) is 14.3. The maximum absolute atomic E-state index is 13.5. The van der Waals surface area contributed by atoms with E-state index in [1.54, 1.807) is 6.20 Å². The minimum atomic E-state index is -1.44. The Morgan fingerprint density at radius 2 is 1.88 bits per heavy atom. The van der Waals surface area contributed by atoms with Crippen LogP contribution in [0.2, 0.25) is 5.15 Å². The topological polar surface area (TPSA) is 54.9 Å². The van der Waals surface area contributed by atoms with Crippen LogP contribution in [0.1, 0.15) is 38.1 Å². The lowest BCUT2D eigenvalue weighted by Gasteiger charge is -2.24. The number of nitrogens with one attached hydrogen (secondary N) is 1. The zero-order chi connectivity index (χ0) is 19.5. The fourth-order valence-corrected chi connectivity index (χ4v) is 3.63. The number of hydrogen-bond donors (Lipinski definition) is 1. The van der Waals surface area contributed by atoms with Crippen LogP contribution in [0.15, 0.2) is 29.4 Å². The average Bonchev–Trinajstić information content (AvgIpc) is 2.52. The Bertz CT molecular complexity index is 795. The Hall–Kier alpha value is -1.09. The molecule has 0 amide bonds. The maximum atomic E-state index is 13.5. The monoisotopic (exact) mass is 419 g/mol. The molecule has 1 aromatic carbocycles. The molecule has 0 aliphatic carbocycles. The van der Waals surface area contributed by atoms with Gasteiger partial charge < -0.3 is 0 Å². The second kappa shape index (κ2) is 8.73. The van der Waals surface area contributed by atoms with Crippen molar-refractivity contribution in [3.63, 3.8) is 0 Å². The highest BCUT2D eigenvalue weighted by molar-refractivity contribution is 7.98. The molecular weight excluding hydrogens is 400 g/mol. The Kier molecular flexibility index (Phi) is 7.12. The molecule has 0 saturated heterocycles. The van der Waals surface area contributed by atoms with Gasteiger partial charge in [0.2, 0.25) is 0 Å². The number of hydrogen-bond acceptors (Lipinski definition) is 4. The van der Waals surface area contributed by atoms with Crippen molar-refractivity contribution in [2.45, 2.75) is 43.0 Å². The highest BCUT2D eigenvalue weighted by atomic mass is 35.5. The lowest BCUT2D eigenvalue weighted by molar-refractivity contribution is 0.564. The number of rotatable bonds is 6. The Balaban J connectivity index is 2.40. The van der Waals surface area contributed by atoms with Crippen LogP contribution in [0.3, 0.4) is 0 Å². The van der Waals surface area contributed by atoms with Crippen LogP contribution in [0.25, 0.3) is 0 Å². The molecule has 1 aromatic heterocycles. The van der Waals surface area contributed by atoms with Crippen molar-refractivity contribution in [2.75, 3.05) is 6.26 Å². The van der Waals surface area contributed by atoms with E-state index in [1.807, 2.05) is 27.0 Å². The molecular formula is C17H20ClF2N3OS2. The van der Waals surface area contributed by atoms with E-state index in [0.717, 1.165) is 6.07 Å². The summed E-state index contributed by atoms with van der Waals surface area (Å²) in [6.45, 7) is 5.46. The number of halogens is 3. The van der Waals surface area contributed by atoms with E-state index >= 15 is 0 Å². The quantitative estimate of drug-likeness (QED) is 0.702. The fourth-order valence-electron chi connectivity index (χ4n) is 2.16. The number of thioether (sulfide) groups is 1. The fraction of sp³-hybridized carbons (Fsp3) is 0.412. The van der Waals surface area contributed by atoms with Gasteiger partial charge in [-0.1, -0.05) is 11.6 Å². The molecule has 0 aliphatic heterocycles. The minimum Gasteiger partial charge on any atom is -0.254 e. The molecule has 9 heteroatoms. The lowest BCUT2D eigenvalue weighted by Crippen LogP contribution is -2.37. The molecule has 0 unspecified atom stereocenters. The highest BCUT2D eigenvalue weighted by Crippen LogP contribution is 2.27. The van der Waals surface area contributed by atoms with Crippen molar-refractivity contribution in [2.24, 2.45) is 0 Å². The molecule has 0 aliphatic rings. The van der Waals surface area contributed by atoms with Crippen LogP contribution in [-0.2, 0) is 17.4 Å². The van der Waals surface area contributed by atoms with Crippen molar-refractivity contribution in [3.8, 4) is 0 Å². The molecule has 0 radical (unpaired) electrons. The van der Waals surface area contributed by atoms with Crippen molar-refractivity contribution in [3.05, 3.63) is 52.4 Å². The van der Waals surface area contributed by atoms with Gasteiger partial charge in [0.15, 0.2) is 5.15 Å². The molecule has 2 aromatic rings. The first-order chi connectivity index (χ1) is 12.1. The first kappa shape index (κ1) is 21.2. The summed E-state index contributed by atoms with van der Waals surface area (Å²) in [6.07, 6.45) is 3.57. The molecule has 26 heavy (non-hydrogen) atoms. The van der Waals surface area contributed by atoms with Gasteiger partial charge in [-0.2, -0.15) is 0 Å². The summed E-state index contributed by atoms with van der Waals surface area (Å²) in [5, 5.41) is 0.809. The summed E-state index contributed by atoms with van der Waals surface area (Å²) in [5.74, 6) is -1.35. The van der Waals surface area contributed by atoms with Gasteiger partial charge in [-0.3, -0.25) is 4.98 Å². The van der Waals surface area contributed by atoms with E-state index in [4.69, 9.17) is 11.6 Å². The summed E-state index contributed by atoms with van der Waals surface area (Å²) >= 11 is 7.65. The molecule has 0 spiro atoms. The molecule has 142 valence electrons. The molecule has 2 rings (SSSR count). The predicted octanol–water partition coefficient (Wildman–Crippen LogP) is 4.47. The summed E-state index contributed by atoms with van der Waals surface area (Å²) in [7, 11) is -1.44. The van der Waals surface area contributed by atoms with Crippen LogP contribution < -0.4 is 4.72 Å². The molecule has 1 heterocycles. The van der Waals surface area contributed by atoms with Crippen LogP contribution in [0.4, 0.5) is 8.78 Å². The van der Waals surface area contributed by atoms with Crippen molar-refractivity contribution in [1.29, 1.82) is 0 Å². The third-order valence-corrected chi connectivity index (χ3v) is 5.94. The average molecular weight is 420 g/mol. The second-order valence-electron chi connectivity index (χ2n) is 6.62. The van der Waals surface area contributed by atoms with Gasteiger partial charge >= 0.3 is 0 Å². The molecule has 2 atom stereocenters. The number of benzene rings is 1. The van der Waals surface area contributed by atoms with E-state index in [2.05, 4.69) is 14.7 Å². The first-order valence-corrected chi connectivity index (χ1v) is 10.5. The number of aromatic nitrogens is 2. The van der Waals surface area contributed by atoms with Crippen LogP contribution in [0.5, 0.6) is 0 Å². The zero-order valence-electron chi connectivity index (χ0n) is 14.8. The third kappa shape index (κ3) is 5.70. The van der Waals surface area contributed by atoms with Crippen molar-refractivity contribution < 1.29 is 13.0 Å². The summed E-state index contributed by atoms with van der Waals surface area (Å²) in [4.78, 5) is 8.56. The lowest BCUT2D eigenvalue weighted by atomic mass is 10.0. The van der Waals surface area contributed by atoms with Gasteiger partial charge in [-0.15, -0.1) is 11.8 Å². The zero-order valence-corrected chi connectivity index (χ0v) is 17.2. The molecule has 0 fully saturated rings. The van der Waals surface area contributed by atoms with Gasteiger partial charge in [0.25, 0.3) is 0 Å². The molecule has 1 N–H and O–H groups in total. The summed E-state index contributed by atoms with van der Waals surface area (Å²) < 4.78 is 42.1.